The fourth-order valence-electron chi connectivity index (χ4n) is 5.64. The number of Topliss-reactive ketones (excluding diaryl/α,β-unsaturated/α-hetero) is 1. The Morgan fingerprint density at radius 3 is 1.30 bits per heavy atom. The van der Waals surface area contributed by atoms with Gasteiger partial charge in [0.05, 0.1) is 22.3 Å². The Morgan fingerprint density at radius 2 is 0.766 bits per heavy atom. The Hall–Kier alpha value is -9.17. The Morgan fingerprint density at radius 1 is 0.344 bits per heavy atom. The van der Waals surface area contributed by atoms with E-state index in [1.165, 1.54) is 72.8 Å². The molecule has 0 heterocycles. The van der Waals surface area contributed by atoms with Crippen LogP contribution in [0.5, 0.6) is 28.7 Å². The second kappa shape index (κ2) is 22.4. The molecule has 324 valence electrons. The van der Waals surface area contributed by atoms with Crippen molar-refractivity contribution in [2.75, 3.05) is 0 Å². The number of phenolic OH excluding ortho intramolecular Hbond substituents is 5. The summed E-state index contributed by atoms with van der Waals surface area (Å²) in [6.07, 6.45) is 0. The number of fused-ring (bicyclic) bond motifs is 2. The lowest BCUT2D eigenvalue weighted by molar-refractivity contribution is 0.0686. The van der Waals surface area contributed by atoms with Crippen LogP contribution >= 0.6 is 0 Å². The van der Waals surface area contributed by atoms with Gasteiger partial charge in [0.25, 0.3) is 0 Å². The first-order valence-electron chi connectivity index (χ1n) is 18.8. The summed E-state index contributed by atoms with van der Waals surface area (Å²) in [5.41, 5.74) is 3.50. The van der Waals surface area contributed by atoms with E-state index in [0.717, 1.165) is 21.9 Å². The molecule has 8 rings (SSSR count). The summed E-state index contributed by atoms with van der Waals surface area (Å²) in [5, 5.41) is 82.6. The van der Waals surface area contributed by atoms with Crippen molar-refractivity contribution in [3.05, 3.63) is 198 Å². The highest BCUT2D eigenvalue weighted by molar-refractivity contribution is 6.05. The Balaban J connectivity index is 0.000000177. The van der Waals surface area contributed by atoms with Crippen LogP contribution in [0.4, 0.5) is 0 Å². The maximum Gasteiger partial charge on any atom is 0.336 e. The molecular formula is C50H40O14. The van der Waals surface area contributed by atoms with Crippen molar-refractivity contribution in [1.29, 1.82) is 0 Å². The largest absolute Gasteiger partial charge is 0.508 e. The molecule has 0 aliphatic heterocycles. The molecule has 14 nitrogen and oxygen atoms in total. The summed E-state index contributed by atoms with van der Waals surface area (Å²) >= 11 is 0. The van der Waals surface area contributed by atoms with Gasteiger partial charge in [-0.25, -0.2) is 19.2 Å². The van der Waals surface area contributed by atoms with Gasteiger partial charge in [0.15, 0.2) is 5.78 Å². The predicted molar refractivity (Wildman–Crippen MR) is 239 cm³/mol. The molecule has 14 heteroatoms. The Kier molecular flexibility index (Phi) is 16.7. The Labute approximate surface area is 364 Å². The minimum absolute atomic E-state index is 0.0279. The summed E-state index contributed by atoms with van der Waals surface area (Å²) in [6.45, 7) is 1.55. The zero-order chi connectivity index (χ0) is 46.9. The molecule has 0 fully saturated rings. The van der Waals surface area contributed by atoms with Crippen molar-refractivity contribution >= 4 is 51.2 Å². The summed E-state index contributed by atoms with van der Waals surface area (Å²) in [6, 6.07) is 44.6. The van der Waals surface area contributed by atoms with Gasteiger partial charge in [-0.05, 0) is 125 Å². The standard InChI is InChI=1S/C14H12O2.2C11H8O3.2C7H6O3/c1-10(15)11-2-4-12(5-3-11)13-6-8-14(16)9-7-13;12-10-6-2-3-7-8(10)4-1-5-9(7)11(13)14;12-10-4-3-7-5-9(11(13)14)2-1-8(7)6-10;8-6-3-1-5(2-4-6)7(9)10;8-6-3-1-2-5(4-6)7(9)10/h2-9,16H,1H3;2*1-6,12H,(H,13,14);2*1-4,8H,(H,9,10). The number of hydrogen-bond acceptors (Lipinski definition) is 10. The smallest absolute Gasteiger partial charge is 0.336 e. The van der Waals surface area contributed by atoms with Crippen LogP contribution in [0.1, 0.15) is 58.7 Å². The van der Waals surface area contributed by atoms with Gasteiger partial charge >= 0.3 is 23.9 Å². The number of carbonyl (C=O) groups excluding carboxylic acids is 1. The summed E-state index contributed by atoms with van der Waals surface area (Å²) in [4.78, 5) is 53.1. The molecule has 0 unspecified atom stereocenters. The van der Waals surface area contributed by atoms with E-state index < -0.39 is 23.9 Å². The van der Waals surface area contributed by atoms with Gasteiger partial charge in [-0.15, -0.1) is 0 Å². The average molecular weight is 865 g/mol. The number of carboxylic acids is 4. The van der Waals surface area contributed by atoms with Gasteiger partial charge in [0, 0.05) is 10.9 Å². The number of carbonyl (C=O) groups is 5. The highest BCUT2D eigenvalue weighted by Gasteiger charge is 2.09. The van der Waals surface area contributed by atoms with E-state index in [0.29, 0.717) is 16.3 Å². The molecule has 8 aromatic carbocycles. The third-order valence-electron chi connectivity index (χ3n) is 8.90. The lowest BCUT2D eigenvalue weighted by atomic mass is 10.0. The highest BCUT2D eigenvalue weighted by Crippen LogP contribution is 2.27. The van der Waals surface area contributed by atoms with Crippen LogP contribution in [0.2, 0.25) is 0 Å². The van der Waals surface area contributed by atoms with Crippen LogP contribution in [0, 0.1) is 0 Å². The molecule has 0 aromatic heterocycles. The van der Waals surface area contributed by atoms with Crippen LogP contribution in [-0.4, -0.2) is 75.6 Å². The topological polar surface area (TPSA) is 267 Å². The van der Waals surface area contributed by atoms with Crippen molar-refractivity contribution in [1.82, 2.24) is 0 Å². The van der Waals surface area contributed by atoms with Crippen LogP contribution in [0.3, 0.4) is 0 Å². The zero-order valence-corrected chi connectivity index (χ0v) is 33.7. The van der Waals surface area contributed by atoms with Crippen LogP contribution < -0.4 is 0 Å². The minimum atomic E-state index is -1.03. The van der Waals surface area contributed by atoms with Crippen LogP contribution in [0.15, 0.2) is 170 Å². The number of ketones is 1. The SMILES string of the molecule is CC(=O)c1ccc(-c2ccc(O)cc2)cc1.O=C(O)c1ccc(O)cc1.O=C(O)c1ccc2cc(O)ccc2c1.O=C(O)c1cccc(O)c1.O=C(O)c1cccc2c(O)cccc12. The molecule has 9 N–H and O–H groups in total. The van der Waals surface area contributed by atoms with Gasteiger partial charge in [-0.3, -0.25) is 4.79 Å². The molecule has 0 atom stereocenters. The van der Waals surface area contributed by atoms with E-state index in [4.69, 9.17) is 30.6 Å². The van der Waals surface area contributed by atoms with Crippen LogP contribution in [0.25, 0.3) is 32.7 Å². The molecule has 0 bridgehead atoms. The third kappa shape index (κ3) is 14.0. The predicted octanol–water partition coefficient (Wildman–Crippen LogP) is 9.93. The van der Waals surface area contributed by atoms with E-state index in [1.54, 1.807) is 67.6 Å². The Bertz CT molecular complexity index is 2910. The number of aromatic hydroxyl groups is 5. The molecule has 0 aliphatic carbocycles. The normalized spacial score (nSPS) is 9.89. The van der Waals surface area contributed by atoms with E-state index in [1.807, 2.05) is 36.4 Å². The third-order valence-corrected chi connectivity index (χ3v) is 8.90. The van der Waals surface area contributed by atoms with Crippen molar-refractivity contribution in [3.8, 4) is 39.9 Å². The first-order chi connectivity index (χ1) is 30.4. The summed E-state index contributed by atoms with van der Waals surface area (Å²) < 4.78 is 0. The monoisotopic (exact) mass is 864 g/mol. The van der Waals surface area contributed by atoms with Crippen molar-refractivity contribution in [3.63, 3.8) is 0 Å². The quantitative estimate of drug-likeness (QED) is 0.0704. The van der Waals surface area contributed by atoms with E-state index in [-0.39, 0.29) is 56.8 Å². The first-order valence-corrected chi connectivity index (χ1v) is 18.8. The number of phenols is 5. The van der Waals surface area contributed by atoms with E-state index in [2.05, 4.69) is 0 Å². The highest BCUT2D eigenvalue weighted by atomic mass is 16.4. The number of carboxylic acid groups (broad SMARTS) is 4. The maximum atomic E-state index is 11.1. The van der Waals surface area contributed by atoms with Gasteiger partial charge in [0.2, 0.25) is 0 Å². The van der Waals surface area contributed by atoms with Gasteiger partial charge in [-0.2, -0.15) is 0 Å². The zero-order valence-electron chi connectivity index (χ0n) is 33.7. The van der Waals surface area contributed by atoms with Crippen molar-refractivity contribution in [2.24, 2.45) is 0 Å². The van der Waals surface area contributed by atoms with Gasteiger partial charge in [-0.1, -0.05) is 78.9 Å². The van der Waals surface area contributed by atoms with Gasteiger partial charge < -0.3 is 46.0 Å². The number of hydrogen-bond donors (Lipinski definition) is 9. The maximum absolute atomic E-state index is 11.1. The number of rotatable bonds is 6. The average Bonchev–Trinajstić information content (AvgIpc) is 3.27. The minimum Gasteiger partial charge on any atom is -0.508 e. The molecule has 0 radical (unpaired) electrons. The molecule has 0 aliphatic rings. The fraction of sp³-hybridized carbons (Fsp3) is 0.0200. The lowest BCUT2D eigenvalue weighted by Gasteiger charge is -2.03. The molecule has 0 saturated carbocycles. The number of benzene rings is 8. The molecule has 8 aromatic rings. The molecule has 64 heavy (non-hydrogen) atoms. The summed E-state index contributed by atoms with van der Waals surface area (Å²) in [7, 11) is 0. The molecular weight excluding hydrogens is 825 g/mol. The van der Waals surface area contributed by atoms with Crippen molar-refractivity contribution in [2.45, 2.75) is 6.92 Å². The van der Waals surface area contributed by atoms with E-state index in [9.17, 15) is 39.3 Å². The first kappa shape index (κ1) is 47.5. The fourth-order valence-corrected chi connectivity index (χ4v) is 5.64. The van der Waals surface area contributed by atoms with E-state index >= 15 is 0 Å². The number of aromatic carboxylic acids is 4. The second-order valence-corrected chi connectivity index (χ2v) is 13.4. The lowest BCUT2D eigenvalue weighted by Crippen LogP contribution is -1.96. The summed E-state index contributed by atoms with van der Waals surface area (Å²) in [5.74, 6) is -3.30. The second-order valence-electron chi connectivity index (χ2n) is 13.4. The van der Waals surface area contributed by atoms with Crippen LogP contribution in [-0.2, 0) is 0 Å². The van der Waals surface area contributed by atoms with Crippen molar-refractivity contribution < 1.29 is 69.9 Å². The molecule has 0 saturated heterocycles. The molecule has 0 amide bonds. The molecule has 0 spiro atoms. The van der Waals surface area contributed by atoms with Gasteiger partial charge in [0.1, 0.15) is 28.7 Å².